The smallest absolute Gasteiger partial charge is 0.306 e. The lowest BCUT2D eigenvalue weighted by atomic mass is 9.93. The molecule has 3 aromatic rings. The van der Waals surface area contributed by atoms with E-state index in [9.17, 15) is 4.79 Å². The Hall–Kier alpha value is -2.05. The molecule has 4 rings (SSSR count). The topological polar surface area (TPSA) is 47.4 Å². The van der Waals surface area contributed by atoms with Crippen molar-refractivity contribution in [2.24, 2.45) is 5.92 Å². The van der Waals surface area contributed by atoms with Crippen LogP contribution in [0.1, 0.15) is 48.6 Å². The molecule has 1 aliphatic heterocycles. The molecular weight excluding hydrogens is 502 g/mol. The van der Waals surface area contributed by atoms with Crippen molar-refractivity contribution in [1.29, 1.82) is 0 Å². The molecule has 0 bridgehead atoms. The maximum Gasteiger partial charge on any atom is 0.306 e. The number of esters is 1. The summed E-state index contributed by atoms with van der Waals surface area (Å²) in [4.78, 5) is 19.3. The van der Waals surface area contributed by atoms with Crippen LogP contribution in [0.25, 0.3) is 16.7 Å². The number of hydrogen-bond acceptors (Lipinski definition) is 4. The highest BCUT2D eigenvalue weighted by Crippen LogP contribution is 2.36. The van der Waals surface area contributed by atoms with E-state index in [1.807, 2.05) is 6.92 Å². The largest absolute Gasteiger partial charge is 0.466 e. The number of aryl methyl sites for hydroxylation is 4. The fourth-order valence-electron chi connectivity index (χ4n) is 5.05. The zero-order valence-electron chi connectivity index (χ0n) is 20.1. The number of ether oxygens (including phenoxy) is 1. The van der Waals surface area contributed by atoms with Crippen molar-refractivity contribution in [2.75, 3.05) is 24.6 Å². The average molecular weight is 535 g/mol. The quantitative estimate of drug-likeness (QED) is 0.345. The van der Waals surface area contributed by atoms with Crippen LogP contribution in [0, 0.1) is 33.6 Å². The molecule has 1 fully saturated rings. The molecule has 33 heavy (non-hydrogen) atoms. The lowest BCUT2D eigenvalue weighted by molar-refractivity contribution is -0.144. The van der Waals surface area contributed by atoms with Crippen molar-refractivity contribution in [3.05, 3.63) is 51.3 Å². The number of rotatable bonds is 5. The van der Waals surface area contributed by atoms with Gasteiger partial charge in [-0.25, -0.2) is 4.98 Å². The Kier molecular flexibility index (Phi) is 8.12. The summed E-state index contributed by atoms with van der Waals surface area (Å²) < 4.78 is 8.50. The van der Waals surface area contributed by atoms with Crippen LogP contribution < -0.4 is 4.90 Å². The number of hydrogen-bond donors (Lipinski definition) is 0. The SMILES string of the molecule is CCOC(=O)CC1CCN(c2cc(C)nc3c2c(C)cn3-c2c(C)cc(Br)cc2C)CC1.Cl. The number of piperidine rings is 1. The van der Waals surface area contributed by atoms with E-state index in [1.54, 1.807) is 0 Å². The normalized spacial score (nSPS) is 14.4. The Bertz CT molecular complexity index is 1140. The number of fused-ring (bicyclic) bond motifs is 1. The predicted octanol–water partition coefficient (Wildman–Crippen LogP) is 6.61. The van der Waals surface area contributed by atoms with Crippen molar-refractivity contribution in [3.63, 3.8) is 0 Å². The molecule has 0 radical (unpaired) electrons. The summed E-state index contributed by atoms with van der Waals surface area (Å²) >= 11 is 3.62. The van der Waals surface area contributed by atoms with Gasteiger partial charge in [0, 0.05) is 46.9 Å². The van der Waals surface area contributed by atoms with Crippen LogP contribution in [-0.2, 0) is 9.53 Å². The Morgan fingerprint density at radius 2 is 1.73 bits per heavy atom. The molecule has 0 aliphatic carbocycles. The molecule has 1 aromatic carbocycles. The standard InChI is InChI=1S/C26H32BrN3O2.ClH/c1-6-32-23(31)14-20-7-9-29(10-8-20)22-13-19(5)28-26-24(22)18(4)15-30(26)25-16(2)11-21(27)12-17(25)3;/h11-13,15,20H,6-10,14H2,1-5H3;1H. The summed E-state index contributed by atoms with van der Waals surface area (Å²) in [5, 5.41) is 1.22. The number of pyridine rings is 1. The van der Waals surface area contributed by atoms with Crippen molar-refractivity contribution in [3.8, 4) is 5.69 Å². The first kappa shape index (κ1) is 25.6. The van der Waals surface area contributed by atoms with Gasteiger partial charge >= 0.3 is 5.97 Å². The van der Waals surface area contributed by atoms with Gasteiger partial charge in [0.15, 0.2) is 0 Å². The minimum atomic E-state index is -0.0683. The second-order valence-electron chi connectivity index (χ2n) is 8.99. The molecular formula is C26H33BrClN3O2. The summed E-state index contributed by atoms with van der Waals surface area (Å²) in [6, 6.07) is 6.54. The summed E-state index contributed by atoms with van der Waals surface area (Å²) in [6.07, 6.45) is 4.76. The molecule has 0 unspecified atom stereocenters. The third-order valence-electron chi connectivity index (χ3n) is 6.47. The van der Waals surface area contributed by atoms with Gasteiger partial charge in [0.2, 0.25) is 0 Å². The second kappa shape index (κ2) is 10.5. The maximum absolute atomic E-state index is 11.9. The molecule has 0 N–H and O–H groups in total. The van der Waals surface area contributed by atoms with Crippen molar-refractivity contribution in [2.45, 2.75) is 53.9 Å². The molecule has 0 atom stereocenters. The second-order valence-corrected chi connectivity index (χ2v) is 9.91. The van der Waals surface area contributed by atoms with Gasteiger partial charge in [-0.1, -0.05) is 15.9 Å². The lowest BCUT2D eigenvalue weighted by Gasteiger charge is -2.34. The van der Waals surface area contributed by atoms with Gasteiger partial charge in [0.05, 0.1) is 12.3 Å². The number of carbonyl (C=O) groups excluding carboxylic acids is 1. The van der Waals surface area contributed by atoms with Gasteiger partial charge in [-0.3, -0.25) is 4.79 Å². The van der Waals surface area contributed by atoms with Gasteiger partial charge < -0.3 is 14.2 Å². The molecule has 3 heterocycles. The number of aromatic nitrogens is 2. The van der Waals surface area contributed by atoms with Crippen molar-refractivity contribution in [1.82, 2.24) is 9.55 Å². The van der Waals surface area contributed by atoms with Crippen LogP contribution >= 0.6 is 28.3 Å². The Balaban J connectivity index is 0.00000306. The average Bonchev–Trinajstić information content (AvgIpc) is 3.03. The van der Waals surface area contributed by atoms with Crippen LogP contribution in [0.2, 0.25) is 0 Å². The van der Waals surface area contributed by atoms with Crippen LogP contribution in [-0.4, -0.2) is 35.2 Å². The van der Waals surface area contributed by atoms with Gasteiger partial charge in [0.1, 0.15) is 5.65 Å². The summed E-state index contributed by atoms with van der Waals surface area (Å²) in [5.74, 6) is 0.337. The van der Waals surface area contributed by atoms with Gasteiger partial charge in [-0.2, -0.15) is 0 Å². The molecule has 1 aliphatic rings. The molecule has 0 amide bonds. The monoisotopic (exact) mass is 533 g/mol. The van der Waals surface area contributed by atoms with Crippen LogP contribution in [0.4, 0.5) is 5.69 Å². The number of benzene rings is 1. The van der Waals surface area contributed by atoms with E-state index in [-0.39, 0.29) is 18.4 Å². The molecule has 7 heteroatoms. The van der Waals surface area contributed by atoms with E-state index >= 15 is 0 Å². The Morgan fingerprint density at radius 3 is 2.33 bits per heavy atom. The van der Waals surface area contributed by atoms with Gasteiger partial charge in [0.25, 0.3) is 0 Å². The zero-order valence-corrected chi connectivity index (χ0v) is 22.5. The summed E-state index contributed by atoms with van der Waals surface area (Å²) in [7, 11) is 0. The first-order chi connectivity index (χ1) is 15.3. The summed E-state index contributed by atoms with van der Waals surface area (Å²) in [5.41, 5.74) is 8.16. The van der Waals surface area contributed by atoms with Crippen molar-refractivity contribution >= 4 is 51.0 Å². The first-order valence-electron chi connectivity index (χ1n) is 11.5. The molecule has 5 nitrogen and oxygen atoms in total. The predicted molar refractivity (Wildman–Crippen MR) is 141 cm³/mol. The molecule has 0 spiro atoms. The highest BCUT2D eigenvalue weighted by atomic mass is 79.9. The van der Waals surface area contributed by atoms with Crippen LogP contribution in [0.3, 0.4) is 0 Å². The van der Waals surface area contributed by atoms with Crippen LogP contribution in [0.5, 0.6) is 0 Å². The molecule has 0 saturated carbocycles. The summed E-state index contributed by atoms with van der Waals surface area (Å²) in [6.45, 7) is 12.8. The van der Waals surface area contributed by atoms with E-state index in [2.05, 4.69) is 77.5 Å². The number of halogens is 2. The minimum absolute atomic E-state index is 0. The fourth-order valence-corrected chi connectivity index (χ4v) is 5.74. The Morgan fingerprint density at radius 1 is 1.09 bits per heavy atom. The fraction of sp³-hybridized carbons (Fsp3) is 0.462. The maximum atomic E-state index is 11.9. The molecule has 178 valence electrons. The van der Waals surface area contributed by atoms with E-state index in [4.69, 9.17) is 9.72 Å². The number of nitrogens with zero attached hydrogens (tertiary/aromatic N) is 3. The third kappa shape index (κ3) is 5.22. The molecule has 2 aromatic heterocycles. The highest BCUT2D eigenvalue weighted by molar-refractivity contribution is 9.10. The van der Waals surface area contributed by atoms with Gasteiger partial charge in [-0.15, -0.1) is 12.4 Å². The Labute approximate surface area is 211 Å². The van der Waals surface area contributed by atoms with E-state index in [0.29, 0.717) is 18.9 Å². The lowest BCUT2D eigenvalue weighted by Crippen LogP contribution is -2.34. The van der Waals surface area contributed by atoms with E-state index in [0.717, 1.165) is 41.7 Å². The van der Waals surface area contributed by atoms with E-state index in [1.165, 1.54) is 33.5 Å². The molecule has 1 saturated heterocycles. The zero-order chi connectivity index (χ0) is 23.0. The van der Waals surface area contributed by atoms with Crippen LogP contribution in [0.15, 0.2) is 28.9 Å². The van der Waals surface area contributed by atoms with Crippen molar-refractivity contribution < 1.29 is 9.53 Å². The first-order valence-corrected chi connectivity index (χ1v) is 12.2. The number of anilines is 1. The third-order valence-corrected chi connectivity index (χ3v) is 6.92. The number of carbonyl (C=O) groups is 1. The highest BCUT2D eigenvalue weighted by Gasteiger charge is 2.25. The van der Waals surface area contributed by atoms with Gasteiger partial charge in [-0.05, 0) is 88.3 Å². The minimum Gasteiger partial charge on any atom is -0.466 e. The van der Waals surface area contributed by atoms with E-state index < -0.39 is 0 Å².